The number of anilines is 1. The van der Waals surface area contributed by atoms with Gasteiger partial charge in [0.2, 0.25) is 0 Å². The van der Waals surface area contributed by atoms with E-state index in [0.29, 0.717) is 10.7 Å². The summed E-state index contributed by atoms with van der Waals surface area (Å²) in [6, 6.07) is 1.73. The van der Waals surface area contributed by atoms with Crippen molar-refractivity contribution < 1.29 is 0 Å². The molecular formula is C11H11ClN2. The Hall–Kier alpha value is -1.28. The smallest absolute Gasteiger partial charge is 0.0928 e. The highest BCUT2D eigenvalue weighted by atomic mass is 35.5. The summed E-state index contributed by atoms with van der Waals surface area (Å²) in [5, 5.41) is 0.576. The molecule has 0 amide bonds. The van der Waals surface area contributed by atoms with Crippen LogP contribution in [0, 0.1) is 0 Å². The molecule has 1 aliphatic rings. The van der Waals surface area contributed by atoms with Gasteiger partial charge in [-0.05, 0) is 24.5 Å². The molecule has 2 nitrogen and oxygen atoms in total. The Labute approximate surface area is 88.1 Å². The van der Waals surface area contributed by atoms with Crippen LogP contribution in [0.1, 0.15) is 18.5 Å². The lowest BCUT2D eigenvalue weighted by Crippen LogP contribution is -1.97. The van der Waals surface area contributed by atoms with Crippen LogP contribution in [0.5, 0.6) is 0 Å². The van der Waals surface area contributed by atoms with Gasteiger partial charge in [-0.1, -0.05) is 29.8 Å². The van der Waals surface area contributed by atoms with E-state index >= 15 is 0 Å². The van der Waals surface area contributed by atoms with Crippen LogP contribution < -0.4 is 5.73 Å². The number of hydrogen-bond donors (Lipinski definition) is 1. The number of rotatable bonds is 1. The van der Waals surface area contributed by atoms with E-state index in [0.717, 1.165) is 24.1 Å². The van der Waals surface area contributed by atoms with Crippen LogP contribution in [0.4, 0.5) is 5.69 Å². The van der Waals surface area contributed by atoms with Crippen molar-refractivity contribution in [2.45, 2.75) is 12.8 Å². The monoisotopic (exact) mass is 206 g/mol. The third-order valence-corrected chi connectivity index (χ3v) is 2.36. The lowest BCUT2D eigenvalue weighted by molar-refractivity contribution is 1.04. The molecule has 0 unspecified atom stereocenters. The zero-order valence-electron chi connectivity index (χ0n) is 7.70. The number of nitrogen functional groups attached to an aromatic ring is 1. The molecule has 1 aromatic rings. The molecule has 0 aromatic carbocycles. The first-order valence-electron chi connectivity index (χ1n) is 4.55. The van der Waals surface area contributed by atoms with E-state index in [1.54, 1.807) is 12.3 Å². The first-order valence-corrected chi connectivity index (χ1v) is 4.93. The van der Waals surface area contributed by atoms with Gasteiger partial charge in [0.15, 0.2) is 0 Å². The van der Waals surface area contributed by atoms with Gasteiger partial charge in [0, 0.05) is 6.20 Å². The normalized spacial score (nSPS) is 15.4. The summed E-state index contributed by atoms with van der Waals surface area (Å²) in [6.45, 7) is 0. The Balaban J connectivity index is 2.41. The summed E-state index contributed by atoms with van der Waals surface area (Å²) >= 11 is 5.78. The summed E-state index contributed by atoms with van der Waals surface area (Å²) in [7, 11) is 0. The van der Waals surface area contributed by atoms with Crippen LogP contribution >= 0.6 is 11.6 Å². The molecular weight excluding hydrogens is 196 g/mol. The number of aromatic nitrogens is 1. The first kappa shape index (κ1) is 9.28. The van der Waals surface area contributed by atoms with Crippen molar-refractivity contribution in [1.29, 1.82) is 0 Å². The van der Waals surface area contributed by atoms with Crippen LogP contribution in [0.3, 0.4) is 0 Å². The van der Waals surface area contributed by atoms with E-state index in [2.05, 4.69) is 23.2 Å². The summed E-state index contributed by atoms with van der Waals surface area (Å²) in [6.07, 6.45) is 10.1. The van der Waals surface area contributed by atoms with E-state index in [4.69, 9.17) is 17.3 Å². The summed E-state index contributed by atoms with van der Waals surface area (Å²) in [5.74, 6) is 0. The predicted octanol–water partition coefficient (Wildman–Crippen LogP) is 3.05. The predicted molar refractivity (Wildman–Crippen MR) is 60.0 cm³/mol. The van der Waals surface area contributed by atoms with Crippen molar-refractivity contribution in [1.82, 2.24) is 4.98 Å². The minimum absolute atomic E-state index is 0.576. The van der Waals surface area contributed by atoms with Gasteiger partial charge in [0.05, 0.1) is 16.4 Å². The summed E-state index contributed by atoms with van der Waals surface area (Å²) < 4.78 is 0. The highest BCUT2D eigenvalue weighted by Gasteiger charge is 2.06. The zero-order valence-corrected chi connectivity index (χ0v) is 8.46. The van der Waals surface area contributed by atoms with Gasteiger partial charge in [-0.25, -0.2) is 0 Å². The fourth-order valence-electron chi connectivity index (χ4n) is 1.49. The third-order valence-electron chi connectivity index (χ3n) is 2.15. The third kappa shape index (κ3) is 1.80. The van der Waals surface area contributed by atoms with Gasteiger partial charge in [-0.15, -0.1) is 0 Å². The molecule has 14 heavy (non-hydrogen) atoms. The number of allylic oxidation sites excluding steroid dienone is 4. The number of pyridine rings is 1. The Morgan fingerprint density at radius 1 is 1.36 bits per heavy atom. The van der Waals surface area contributed by atoms with Gasteiger partial charge in [0.1, 0.15) is 0 Å². The second-order valence-corrected chi connectivity index (χ2v) is 3.67. The van der Waals surface area contributed by atoms with E-state index in [-0.39, 0.29) is 0 Å². The summed E-state index contributed by atoms with van der Waals surface area (Å²) in [5.41, 5.74) is 8.38. The van der Waals surface area contributed by atoms with Crippen molar-refractivity contribution in [3.63, 3.8) is 0 Å². The molecule has 1 aromatic heterocycles. The van der Waals surface area contributed by atoms with E-state index in [1.165, 1.54) is 0 Å². The zero-order chi connectivity index (χ0) is 9.97. The minimum Gasteiger partial charge on any atom is -0.397 e. The molecule has 0 aliphatic heterocycles. The molecule has 0 bridgehead atoms. The van der Waals surface area contributed by atoms with Gasteiger partial charge < -0.3 is 5.73 Å². The Morgan fingerprint density at radius 2 is 2.21 bits per heavy atom. The molecule has 0 spiro atoms. The average Bonchev–Trinajstić information content (AvgIpc) is 2.19. The molecule has 2 rings (SSSR count). The Bertz CT molecular complexity index is 408. The summed E-state index contributed by atoms with van der Waals surface area (Å²) in [4.78, 5) is 4.22. The molecule has 1 aliphatic carbocycles. The van der Waals surface area contributed by atoms with Gasteiger partial charge in [-0.3, -0.25) is 4.98 Å². The largest absolute Gasteiger partial charge is 0.397 e. The van der Waals surface area contributed by atoms with E-state index < -0.39 is 0 Å². The highest BCUT2D eigenvalue weighted by Crippen LogP contribution is 2.25. The molecule has 0 fully saturated rings. The van der Waals surface area contributed by atoms with Crippen LogP contribution in [0.25, 0.3) is 5.57 Å². The lowest BCUT2D eigenvalue weighted by Gasteiger charge is -2.08. The lowest BCUT2D eigenvalue weighted by atomic mass is 10.0. The number of halogens is 1. The Morgan fingerprint density at radius 3 is 2.86 bits per heavy atom. The minimum atomic E-state index is 0.576. The van der Waals surface area contributed by atoms with Crippen molar-refractivity contribution in [3.8, 4) is 0 Å². The Kier molecular flexibility index (Phi) is 2.55. The topological polar surface area (TPSA) is 38.9 Å². The van der Waals surface area contributed by atoms with Crippen LogP contribution in [-0.4, -0.2) is 4.98 Å². The van der Waals surface area contributed by atoms with Crippen molar-refractivity contribution in [2.24, 2.45) is 0 Å². The molecule has 0 radical (unpaired) electrons. The average molecular weight is 207 g/mol. The van der Waals surface area contributed by atoms with Crippen molar-refractivity contribution in [3.05, 3.63) is 41.2 Å². The molecule has 3 heteroatoms. The number of nitrogens with zero attached hydrogens (tertiary/aromatic N) is 1. The quantitative estimate of drug-likeness (QED) is 0.767. The molecule has 0 saturated heterocycles. The van der Waals surface area contributed by atoms with Crippen LogP contribution in [0.15, 0.2) is 30.5 Å². The highest BCUT2D eigenvalue weighted by molar-refractivity contribution is 6.30. The maximum Gasteiger partial charge on any atom is 0.0928 e. The van der Waals surface area contributed by atoms with Crippen LogP contribution in [0.2, 0.25) is 5.02 Å². The van der Waals surface area contributed by atoms with Crippen LogP contribution in [-0.2, 0) is 0 Å². The molecule has 0 atom stereocenters. The second-order valence-electron chi connectivity index (χ2n) is 3.23. The van der Waals surface area contributed by atoms with Gasteiger partial charge in [0.25, 0.3) is 0 Å². The second kappa shape index (κ2) is 3.84. The van der Waals surface area contributed by atoms with E-state index in [9.17, 15) is 0 Å². The molecule has 72 valence electrons. The fourth-order valence-corrected chi connectivity index (χ4v) is 1.65. The fraction of sp³-hybridized carbons (Fsp3) is 0.182. The SMILES string of the molecule is Nc1cc(Cl)cnc1C1=CCCC=C1. The van der Waals surface area contributed by atoms with Gasteiger partial charge in [-0.2, -0.15) is 0 Å². The molecule has 2 N–H and O–H groups in total. The van der Waals surface area contributed by atoms with E-state index in [1.807, 2.05) is 0 Å². The maximum absolute atomic E-state index is 5.83. The number of nitrogens with two attached hydrogens (primary N) is 1. The number of hydrogen-bond acceptors (Lipinski definition) is 2. The maximum atomic E-state index is 5.83. The van der Waals surface area contributed by atoms with Crippen molar-refractivity contribution in [2.75, 3.05) is 5.73 Å². The first-order chi connectivity index (χ1) is 6.77. The van der Waals surface area contributed by atoms with Crippen molar-refractivity contribution >= 4 is 22.9 Å². The molecule has 1 heterocycles. The van der Waals surface area contributed by atoms with Gasteiger partial charge >= 0.3 is 0 Å². The molecule has 0 saturated carbocycles. The standard InChI is InChI=1S/C11H11ClN2/c12-9-6-10(13)11(14-7-9)8-4-2-1-3-5-8/h2,4-7H,1,3,13H2.